The van der Waals surface area contributed by atoms with E-state index in [1.54, 1.807) is 0 Å². The van der Waals surface area contributed by atoms with E-state index in [2.05, 4.69) is 18.8 Å². The lowest BCUT2D eigenvalue weighted by atomic mass is 9.88. The summed E-state index contributed by atoms with van der Waals surface area (Å²) < 4.78 is 0. The monoisotopic (exact) mass is 235 g/mol. The number of Topliss-reactive ketones (excluding diaryl/α,β-unsaturated/α-hetero) is 1. The molecule has 2 N–H and O–H groups in total. The molecule has 0 fully saturated rings. The lowest BCUT2D eigenvalue weighted by Crippen LogP contribution is -2.13. The molecule has 0 spiro atoms. The first-order valence-corrected chi connectivity index (χ1v) is 5.97. The van der Waals surface area contributed by atoms with Gasteiger partial charge in [-0.1, -0.05) is 13.8 Å². The molecular formula is C13H17NO3. The molecule has 1 heterocycles. The molecular weight excluding hydrogens is 218 g/mol. The molecule has 17 heavy (non-hydrogen) atoms. The summed E-state index contributed by atoms with van der Waals surface area (Å²) in [7, 11) is 0. The fourth-order valence-corrected chi connectivity index (χ4v) is 2.49. The summed E-state index contributed by atoms with van der Waals surface area (Å²) in [4.78, 5) is 26.1. The van der Waals surface area contributed by atoms with Crippen molar-refractivity contribution < 1.29 is 14.7 Å². The van der Waals surface area contributed by atoms with Crippen LogP contribution >= 0.6 is 0 Å². The minimum atomic E-state index is -1.03. The first-order chi connectivity index (χ1) is 8.00. The molecule has 0 saturated carbocycles. The number of aromatic carboxylic acids is 1. The lowest BCUT2D eigenvalue weighted by Gasteiger charge is -2.17. The highest BCUT2D eigenvalue weighted by atomic mass is 16.4. The van der Waals surface area contributed by atoms with Crippen LogP contribution in [0.1, 0.15) is 53.1 Å². The third-order valence-corrected chi connectivity index (χ3v) is 3.63. The van der Waals surface area contributed by atoms with Crippen molar-refractivity contribution in [2.24, 2.45) is 11.8 Å². The highest BCUT2D eigenvalue weighted by Gasteiger charge is 2.29. The van der Waals surface area contributed by atoms with Crippen molar-refractivity contribution in [2.45, 2.75) is 33.1 Å². The van der Waals surface area contributed by atoms with E-state index in [0.29, 0.717) is 23.8 Å². The topological polar surface area (TPSA) is 70.2 Å². The van der Waals surface area contributed by atoms with Gasteiger partial charge in [0, 0.05) is 18.3 Å². The Balaban J connectivity index is 2.36. The number of fused-ring (bicyclic) bond motifs is 1. The predicted molar refractivity (Wildman–Crippen MR) is 63.3 cm³/mol. The Hall–Kier alpha value is -1.58. The highest BCUT2D eigenvalue weighted by Crippen LogP contribution is 2.30. The Morgan fingerprint density at radius 3 is 2.82 bits per heavy atom. The van der Waals surface area contributed by atoms with E-state index in [1.807, 2.05) is 0 Å². The van der Waals surface area contributed by atoms with Crippen LogP contribution < -0.4 is 0 Å². The first-order valence-electron chi connectivity index (χ1n) is 5.97. The number of carbonyl (C=O) groups excluding carboxylic acids is 1. The number of carboxylic acid groups (broad SMARTS) is 1. The zero-order chi connectivity index (χ0) is 12.6. The van der Waals surface area contributed by atoms with Crippen molar-refractivity contribution in [3.05, 3.63) is 23.0 Å². The molecule has 1 unspecified atom stereocenters. The molecule has 4 nitrogen and oxygen atoms in total. The first kappa shape index (κ1) is 11.9. The molecule has 1 aromatic rings. The number of carbonyl (C=O) groups is 2. The molecule has 0 radical (unpaired) electrons. The number of ketones is 1. The third kappa shape index (κ3) is 2.12. The maximum absolute atomic E-state index is 12.1. The van der Waals surface area contributed by atoms with Crippen LogP contribution in [-0.4, -0.2) is 21.8 Å². The number of H-pyrrole nitrogens is 1. The zero-order valence-corrected chi connectivity index (χ0v) is 10.1. The van der Waals surface area contributed by atoms with Gasteiger partial charge in [-0.2, -0.15) is 0 Å². The Kier molecular flexibility index (Phi) is 3.05. The van der Waals surface area contributed by atoms with Crippen molar-refractivity contribution in [1.82, 2.24) is 4.98 Å². The summed E-state index contributed by atoms with van der Waals surface area (Å²) in [5.41, 5.74) is 1.31. The molecule has 0 saturated heterocycles. The normalized spacial score (nSPS) is 20.2. The fraction of sp³-hybridized carbons (Fsp3) is 0.538. The van der Waals surface area contributed by atoms with Crippen LogP contribution in [0.2, 0.25) is 0 Å². The zero-order valence-electron chi connectivity index (χ0n) is 10.1. The van der Waals surface area contributed by atoms with Gasteiger partial charge >= 0.3 is 5.97 Å². The smallest absolute Gasteiger partial charge is 0.337 e. The van der Waals surface area contributed by atoms with E-state index in [1.165, 1.54) is 6.20 Å². The number of hydrogen-bond acceptors (Lipinski definition) is 2. The number of carboxylic acids is 1. The second-order valence-corrected chi connectivity index (χ2v) is 5.03. The van der Waals surface area contributed by atoms with Gasteiger partial charge in [0.1, 0.15) is 0 Å². The van der Waals surface area contributed by atoms with E-state index in [-0.39, 0.29) is 11.3 Å². The summed E-state index contributed by atoms with van der Waals surface area (Å²) in [6.45, 7) is 4.21. The van der Waals surface area contributed by atoms with Gasteiger partial charge < -0.3 is 10.1 Å². The van der Waals surface area contributed by atoms with Gasteiger partial charge in [0.2, 0.25) is 0 Å². The van der Waals surface area contributed by atoms with E-state index >= 15 is 0 Å². The maximum atomic E-state index is 12.1. The van der Waals surface area contributed by atoms with Gasteiger partial charge in [-0.05, 0) is 24.7 Å². The standard InChI is InChI=1S/C13H17NO3/c1-7(2)8-3-4-10-12(11(15)5-8)9(6-14-10)13(16)17/h6-8,14H,3-5H2,1-2H3,(H,16,17). The number of aromatic amines is 1. The molecule has 1 aliphatic rings. The number of aryl methyl sites for hydroxylation is 1. The van der Waals surface area contributed by atoms with Crippen LogP contribution in [-0.2, 0) is 6.42 Å². The summed E-state index contributed by atoms with van der Waals surface area (Å²) in [5.74, 6) is -0.255. The summed E-state index contributed by atoms with van der Waals surface area (Å²) >= 11 is 0. The molecule has 2 rings (SSSR count). The molecule has 1 aliphatic carbocycles. The molecule has 92 valence electrons. The number of aromatic nitrogens is 1. The van der Waals surface area contributed by atoms with Crippen molar-refractivity contribution in [3.63, 3.8) is 0 Å². The van der Waals surface area contributed by atoms with Crippen LogP contribution in [0.3, 0.4) is 0 Å². The third-order valence-electron chi connectivity index (χ3n) is 3.63. The molecule has 0 aliphatic heterocycles. The Bertz CT molecular complexity index is 459. The molecule has 1 atom stereocenters. The Morgan fingerprint density at radius 1 is 1.53 bits per heavy atom. The second-order valence-electron chi connectivity index (χ2n) is 5.03. The molecule has 4 heteroatoms. The summed E-state index contributed by atoms with van der Waals surface area (Å²) in [5, 5.41) is 9.04. The number of rotatable bonds is 2. The highest BCUT2D eigenvalue weighted by molar-refractivity contribution is 6.07. The SMILES string of the molecule is CC(C)C1CCc2[nH]cc(C(=O)O)c2C(=O)C1. The van der Waals surface area contributed by atoms with Gasteiger partial charge in [-0.15, -0.1) is 0 Å². The van der Waals surface area contributed by atoms with E-state index in [0.717, 1.165) is 18.5 Å². The molecule has 1 aromatic heterocycles. The lowest BCUT2D eigenvalue weighted by molar-refractivity contribution is 0.0691. The van der Waals surface area contributed by atoms with Gasteiger partial charge in [-0.25, -0.2) is 4.79 Å². The van der Waals surface area contributed by atoms with Gasteiger partial charge in [0.05, 0.1) is 11.1 Å². The minimum Gasteiger partial charge on any atom is -0.478 e. The van der Waals surface area contributed by atoms with E-state index < -0.39 is 5.97 Å². The van der Waals surface area contributed by atoms with Crippen LogP contribution in [0.4, 0.5) is 0 Å². The minimum absolute atomic E-state index is 0.0325. The summed E-state index contributed by atoms with van der Waals surface area (Å²) in [6.07, 6.45) is 3.59. The van der Waals surface area contributed by atoms with Crippen LogP contribution in [0, 0.1) is 11.8 Å². The molecule has 0 aromatic carbocycles. The van der Waals surface area contributed by atoms with Gasteiger partial charge in [-0.3, -0.25) is 4.79 Å². The average molecular weight is 235 g/mol. The maximum Gasteiger partial charge on any atom is 0.337 e. The Labute approximate surface area is 100 Å². The van der Waals surface area contributed by atoms with Crippen molar-refractivity contribution in [1.29, 1.82) is 0 Å². The van der Waals surface area contributed by atoms with Crippen molar-refractivity contribution in [3.8, 4) is 0 Å². The van der Waals surface area contributed by atoms with E-state index in [4.69, 9.17) is 5.11 Å². The van der Waals surface area contributed by atoms with Crippen LogP contribution in [0.15, 0.2) is 6.20 Å². The van der Waals surface area contributed by atoms with Crippen LogP contribution in [0.25, 0.3) is 0 Å². The molecule has 0 bridgehead atoms. The van der Waals surface area contributed by atoms with Crippen molar-refractivity contribution in [2.75, 3.05) is 0 Å². The van der Waals surface area contributed by atoms with Crippen molar-refractivity contribution >= 4 is 11.8 Å². The quantitative estimate of drug-likeness (QED) is 0.774. The van der Waals surface area contributed by atoms with Gasteiger partial charge in [0.25, 0.3) is 0 Å². The number of hydrogen-bond donors (Lipinski definition) is 2. The van der Waals surface area contributed by atoms with Gasteiger partial charge in [0.15, 0.2) is 5.78 Å². The largest absolute Gasteiger partial charge is 0.478 e. The Morgan fingerprint density at radius 2 is 2.24 bits per heavy atom. The number of nitrogens with one attached hydrogen (secondary N) is 1. The second kappa shape index (κ2) is 4.35. The average Bonchev–Trinajstić information content (AvgIpc) is 2.60. The predicted octanol–water partition coefficient (Wildman–Crippen LogP) is 2.50. The fourth-order valence-electron chi connectivity index (χ4n) is 2.49. The van der Waals surface area contributed by atoms with E-state index in [9.17, 15) is 9.59 Å². The summed E-state index contributed by atoms with van der Waals surface area (Å²) in [6, 6.07) is 0. The van der Waals surface area contributed by atoms with Crippen LogP contribution in [0.5, 0.6) is 0 Å². The molecule has 0 amide bonds.